The van der Waals surface area contributed by atoms with Crippen molar-refractivity contribution in [3.63, 3.8) is 0 Å². The SMILES string of the molecule is Cc1cc(OCc2cccc(C(F)(F)F)c2)nc(C)c1NC(=O)CC(C)(C)C. The van der Waals surface area contributed by atoms with Gasteiger partial charge in [-0.2, -0.15) is 13.2 Å². The number of amides is 1. The number of hydrogen-bond acceptors (Lipinski definition) is 3. The van der Waals surface area contributed by atoms with Crippen molar-refractivity contribution >= 4 is 11.6 Å². The highest BCUT2D eigenvalue weighted by atomic mass is 19.4. The van der Waals surface area contributed by atoms with Crippen LogP contribution >= 0.6 is 0 Å². The van der Waals surface area contributed by atoms with E-state index in [0.29, 0.717) is 29.2 Å². The van der Waals surface area contributed by atoms with Crippen molar-refractivity contribution < 1.29 is 22.7 Å². The van der Waals surface area contributed by atoms with Crippen LogP contribution in [0.15, 0.2) is 30.3 Å². The molecular weight excluding hydrogens is 369 g/mol. The summed E-state index contributed by atoms with van der Waals surface area (Å²) in [5.41, 5.74) is 1.53. The van der Waals surface area contributed by atoms with Gasteiger partial charge in [0, 0.05) is 12.5 Å². The van der Waals surface area contributed by atoms with Crippen molar-refractivity contribution in [1.29, 1.82) is 0 Å². The standard InChI is InChI=1S/C21H25F3N2O2/c1-13-9-18(25-14(2)19(13)26-17(27)11-20(3,4)5)28-12-15-7-6-8-16(10-15)21(22,23)24/h6-10H,11-12H2,1-5H3,(H,26,27). The van der Waals surface area contributed by atoms with Crippen molar-refractivity contribution in [1.82, 2.24) is 4.98 Å². The van der Waals surface area contributed by atoms with Gasteiger partial charge in [-0.05, 0) is 42.5 Å². The average Bonchev–Trinajstić information content (AvgIpc) is 2.54. The third-order valence-electron chi connectivity index (χ3n) is 3.97. The van der Waals surface area contributed by atoms with Gasteiger partial charge in [0.1, 0.15) is 6.61 Å². The maximum Gasteiger partial charge on any atom is 0.416 e. The number of nitrogens with zero attached hydrogens (tertiary/aromatic N) is 1. The van der Waals surface area contributed by atoms with Crippen LogP contribution in [-0.2, 0) is 17.6 Å². The normalized spacial score (nSPS) is 12.0. The van der Waals surface area contributed by atoms with E-state index in [4.69, 9.17) is 4.74 Å². The summed E-state index contributed by atoms with van der Waals surface area (Å²) in [6.07, 6.45) is -4.02. The maximum absolute atomic E-state index is 12.8. The summed E-state index contributed by atoms with van der Waals surface area (Å²) >= 11 is 0. The molecule has 1 aromatic carbocycles. The molecule has 2 aromatic rings. The molecule has 0 radical (unpaired) electrons. The third-order valence-corrected chi connectivity index (χ3v) is 3.97. The topological polar surface area (TPSA) is 51.2 Å². The molecule has 0 aliphatic carbocycles. The monoisotopic (exact) mass is 394 g/mol. The molecule has 1 N–H and O–H groups in total. The van der Waals surface area contributed by atoms with Crippen molar-refractivity contribution in [2.45, 2.75) is 53.8 Å². The molecule has 0 atom stereocenters. The fraction of sp³-hybridized carbons (Fsp3) is 0.429. The van der Waals surface area contributed by atoms with Gasteiger partial charge in [-0.15, -0.1) is 0 Å². The number of hydrogen-bond donors (Lipinski definition) is 1. The maximum atomic E-state index is 12.8. The van der Waals surface area contributed by atoms with Crippen molar-refractivity contribution in [2.24, 2.45) is 5.41 Å². The number of benzene rings is 1. The van der Waals surface area contributed by atoms with Gasteiger partial charge in [0.15, 0.2) is 0 Å². The molecule has 0 fully saturated rings. The minimum atomic E-state index is -4.39. The summed E-state index contributed by atoms with van der Waals surface area (Å²) < 4.78 is 44.0. The first-order valence-electron chi connectivity index (χ1n) is 8.92. The average molecular weight is 394 g/mol. The van der Waals surface area contributed by atoms with Crippen LogP contribution < -0.4 is 10.1 Å². The second-order valence-electron chi connectivity index (χ2n) is 8.01. The molecule has 0 spiro atoms. The summed E-state index contributed by atoms with van der Waals surface area (Å²) in [4.78, 5) is 16.5. The lowest BCUT2D eigenvalue weighted by Gasteiger charge is -2.19. The number of halogens is 3. The van der Waals surface area contributed by atoms with Gasteiger partial charge in [-0.1, -0.05) is 32.9 Å². The van der Waals surface area contributed by atoms with Crippen LogP contribution in [0.4, 0.5) is 18.9 Å². The predicted octanol–water partition coefficient (Wildman–Crippen LogP) is 5.67. The van der Waals surface area contributed by atoms with Gasteiger partial charge in [-0.25, -0.2) is 4.98 Å². The van der Waals surface area contributed by atoms with E-state index in [1.54, 1.807) is 19.1 Å². The molecule has 1 amide bonds. The van der Waals surface area contributed by atoms with Gasteiger partial charge in [0.25, 0.3) is 0 Å². The molecule has 0 unspecified atom stereocenters. The van der Waals surface area contributed by atoms with E-state index >= 15 is 0 Å². The summed E-state index contributed by atoms with van der Waals surface area (Å²) in [6.45, 7) is 9.47. The Balaban J connectivity index is 2.09. The molecule has 2 rings (SSSR count). The highest BCUT2D eigenvalue weighted by Crippen LogP contribution is 2.30. The van der Waals surface area contributed by atoms with Gasteiger partial charge in [-0.3, -0.25) is 4.79 Å². The van der Waals surface area contributed by atoms with E-state index in [1.807, 2.05) is 27.7 Å². The number of aromatic nitrogens is 1. The lowest BCUT2D eigenvalue weighted by molar-refractivity contribution is -0.137. The quantitative estimate of drug-likeness (QED) is 0.711. The minimum Gasteiger partial charge on any atom is -0.473 e. The zero-order valence-electron chi connectivity index (χ0n) is 16.7. The Morgan fingerprint density at radius 1 is 1.14 bits per heavy atom. The van der Waals surface area contributed by atoms with Gasteiger partial charge in [0.2, 0.25) is 11.8 Å². The first-order chi connectivity index (χ1) is 12.8. The Labute approximate surface area is 163 Å². The fourth-order valence-corrected chi connectivity index (χ4v) is 2.72. The Morgan fingerprint density at radius 2 is 1.82 bits per heavy atom. The van der Waals surface area contributed by atoms with E-state index in [2.05, 4.69) is 10.3 Å². The molecule has 28 heavy (non-hydrogen) atoms. The molecule has 7 heteroatoms. The minimum absolute atomic E-state index is 0.0362. The van der Waals surface area contributed by atoms with Crippen molar-refractivity contribution in [3.8, 4) is 5.88 Å². The fourth-order valence-electron chi connectivity index (χ4n) is 2.72. The highest BCUT2D eigenvalue weighted by molar-refractivity contribution is 5.92. The molecule has 152 valence electrons. The number of nitrogens with one attached hydrogen (secondary N) is 1. The smallest absolute Gasteiger partial charge is 0.416 e. The van der Waals surface area contributed by atoms with Crippen molar-refractivity contribution in [2.75, 3.05) is 5.32 Å². The number of carbonyl (C=O) groups is 1. The summed E-state index contributed by atoms with van der Waals surface area (Å²) in [7, 11) is 0. The number of carbonyl (C=O) groups excluding carboxylic acids is 1. The Morgan fingerprint density at radius 3 is 2.39 bits per heavy atom. The van der Waals surface area contributed by atoms with Crippen LogP contribution in [0.5, 0.6) is 5.88 Å². The number of alkyl halides is 3. The molecule has 0 saturated carbocycles. The van der Waals surface area contributed by atoms with Gasteiger partial charge >= 0.3 is 6.18 Å². The largest absolute Gasteiger partial charge is 0.473 e. The van der Waals surface area contributed by atoms with E-state index in [0.717, 1.165) is 17.7 Å². The number of rotatable bonds is 5. The molecule has 0 aliphatic heterocycles. The first kappa shape index (κ1) is 21.7. The van der Waals surface area contributed by atoms with E-state index < -0.39 is 11.7 Å². The number of aryl methyl sites for hydroxylation is 2. The van der Waals surface area contributed by atoms with E-state index in [1.165, 1.54) is 6.07 Å². The number of anilines is 1. The summed E-state index contributed by atoms with van der Waals surface area (Å²) in [6, 6.07) is 6.65. The lowest BCUT2D eigenvalue weighted by atomic mass is 9.92. The molecular formula is C21H25F3N2O2. The predicted molar refractivity (Wildman–Crippen MR) is 102 cm³/mol. The second kappa shape index (κ2) is 8.20. The van der Waals surface area contributed by atoms with Crippen LogP contribution in [0.3, 0.4) is 0 Å². The van der Waals surface area contributed by atoms with Crippen LogP contribution in [0, 0.1) is 19.3 Å². The first-order valence-corrected chi connectivity index (χ1v) is 8.92. The zero-order valence-corrected chi connectivity index (χ0v) is 16.7. The lowest BCUT2D eigenvalue weighted by Crippen LogP contribution is -2.21. The zero-order chi connectivity index (χ0) is 21.1. The number of pyridine rings is 1. The molecule has 1 aromatic heterocycles. The Kier molecular flexibility index (Phi) is 6.37. The summed E-state index contributed by atoms with van der Waals surface area (Å²) in [5, 5.41) is 2.88. The van der Waals surface area contributed by atoms with Crippen LogP contribution in [0.1, 0.15) is 49.6 Å². The van der Waals surface area contributed by atoms with Gasteiger partial charge < -0.3 is 10.1 Å². The van der Waals surface area contributed by atoms with Crippen LogP contribution in [-0.4, -0.2) is 10.9 Å². The molecule has 1 heterocycles. The molecule has 0 saturated heterocycles. The highest BCUT2D eigenvalue weighted by Gasteiger charge is 2.30. The Bertz CT molecular complexity index is 832. The summed E-state index contributed by atoms with van der Waals surface area (Å²) in [5.74, 6) is 0.194. The number of ether oxygens (including phenoxy) is 1. The second-order valence-corrected chi connectivity index (χ2v) is 8.01. The van der Waals surface area contributed by atoms with E-state index in [9.17, 15) is 18.0 Å². The molecule has 0 aliphatic rings. The van der Waals surface area contributed by atoms with Crippen LogP contribution in [0.2, 0.25) is 0 Å². The van der Waals surface area contributed by atoms with Gasteiger partial charge in [0.05, 0.1) is 16.9 Å². The third kappa shape index (κ3) is 6.25. The Hall–Kier alpha value is -2.57. The molecule has 0 bridgehead atoms. The van der Waals surface area contributed by atoms with E-state index in [-0.39, 0.29) is 17.9 Å². The molecule has 4 nitrogen and oxygen atoms in total. The van der Waals surface area contributed by atoms with Crippen molar-refractivity contribution in [3.05, 3.63) is 52.7 Å². The van der Waals surface area contributed by atoms with Crippen LogP contribution in [0.25, 0.3) is 0 Å².